The summed E-state index contributed by atoms with van der Waals surface area (Å²) in [6, 6.07) is 10.3. The molecule has 0 saturated carbocycles. The predicted molar refractivity (Wildman–Crippen MR) is 70.5 cm³/mol. The highest BCUT2D eigenvalue weighted by Gasteiger charge is 2.21. The molecular weight excluding hydrogens is 226 g/mol. The standard InChI is InChI=1S/C14H19N3O/c1-12-4-2-3-5-14(12)18-9-8-17-7-6-16-11-13(17)10-15/h2-5,13,16H,6-9,11H2,1H3. The molecular formula is C14H19N3O. The van der Waals surface area contributed by atoms with Crippen molar-refractivity contribution >= 4 is 0 Å². The summed E-state index contributed by atoms with van der Waals surface area (Å²) in [7, 11) is 0. The molecule has 1 atom stereocenters. The van der Waals surface area contributed by atoms with Gasteiger partial charge in [-0.15, -0.1) is 0 Å². The molecule has 18 heavy (non-hydrogen) atoms. The van der Waals surface area contributed by atoms with Crippen molar-refractivity contribution in [3.05, 3.63) is 29.8 Å². The van der Waals surface area contributed by atoms with Crippen molar-refractivity contribution in [1.82, 2.24) is 10.2 Å². The van der Waals surface area contributed by atoms with Gasteiger partial charge >= 0.3 is 0 Å². The molecule has 4 nitrogen and oxygen atoms in total. The summed E-state index contributed by atoms with van der Waals surface area (Å²) in [6.45, 7) is 6.08. The maximum atomic E-state index is 9.05. The number of rotatable bonds is 4. The number of benzene rings is 1. The van der Waals surface area contributed by atoms with Gasteiger partial charge in [-0.2, -0.15) is 5.26 Å². The maximum absolute atomic E-state index is 9.05. The molecule has 1 saturated heterocycles. The van der Waals surface area contributed by atoms with E-state index >= 15 is 0 Å². The van der Waals surface area contributed by atoms with Crippen LogP contribution in [0.2, 0.25) is 0 Å². The van der Waals surface area contributed by atoms with Crippen LogP contribution in [0.25, 0.3) is 0 Å². The van der Waals surface area contributed by atoms with Crippen LogP contribution >= 0.6 is 0 Å². The van der Waals surface area contributed by atoms with Gasteiger partial charge in [0, 0.05) is 26.2 Å². The lowest BCUT2D eigenvalue weighted by atomic mass is 10.2. The number of nitriles is 1. The molecule has 1 fully saturated rings. The zero-order valence-corrected chi connectivity index (χ0v) is 10.7. The molecule has 1 unspecified atom stereocenters. The Balaban J connectivity index is 1.81. The molecule has 0 aromatic heterocycles. The van der Waals surface area contributed by atoms with Gasteiger partial charge in [0.25, 0.3) is 0 Å². The van der Waals surface area contributed by atoms with Crippen LogP contribution in [0, 0.1) is 18.3 Å². The topological polar surface area (TPSA) is 48.3 Å². The minimum Gasteiger partial charge on any atom is -0.492 e. The lowest BCUT2D eigenvalue weighted by Crippen LogP contribution is -2.51. The van der Waals surface area contributed by atoms with Gasteiger partial charge in [0.15, 0.2) is 0 Å². The van der Waals surface area contributed by atoms with Crippen molar-refractivity contribution in [2.75, 3.05) is 32.8 Å². The second-order valence-electron chi connectivity index (χ2n) is 4.50. The lowest BCUT2D eigenvalue weighted by Gasteiger charge is -2.31. The van der Waals surface area contributed by atoms with Crippen LogP contribution in [0.3, 0.4) is 0 Å². The van der Waals surface area contributed by atoms with Gasteiger partial charge in [0.1, 0.15) is 18.4 Å². The zero-order valence-electron chi connectivity index (χ0n) is 10.7. The molecule has 0 amide bonds. The Morgan fingerprint density at radius 2 is 2.33 bits per heavy atom. The Labute approximate surface area is 108 Å². The molecule has 0 spiro atoms. The van der Waals surface area contributed by atoms with E-state index in [4.69, 9.17) is 10.00 Å². The Morgan fingerprint density at radius 3 is 3.11 bits per heavy atom. The summed E-state index contributed by atoms with van der Waals surface area (Å²) < 4.78 is 5.76. The van der Waals surface area contributed by atoms with E-state index in [-0.39, 0.29) is 6.04 Å². The first kappa shape index (κ1) is 12.9. The SMILES string of the molecule is Cc1ccccc1OCCN1CCNCC1C#N. The summed E-state index contributed by atoms with van der Waals surface area (Å²) in [6.07, 6.45) is 0. The van der Waals surface area contributed by atoms with Crippen LogP contribution in [-0.4, -0.2) is 43.7 Å². The minimum atomic E-state index is -0.0285. The number of hydrogen-bond donors (Lipinski definition) is 1. The van der Waals surface area contributed by atoms with Crippen LogP contribution in [0.15, 0.2) is 24.3 Å². The quantitative estimate of drug-likeness (QED) is 0.865. The van der Waals surface area contributed by atoms with Crippen molar-refractivity contribution < 1.29 is 4.74 Å². The number of piperazine rings is 1. The molecule has 0 aliphatic carbocycles. The van der Waals surface area contributed by atoms with Crippen molar-refractivity contribution in [3.8, 4) is 11.8 Å². The van der Waals surface area contributed by atoms with Crippen LogP contribution in [0.1, 0.15) is 5.56 Å². The van der Waals surface area contributed by atoms with Crippen LogP contribution in [-0.2, 0) is 0 Å². The molecule has 0 radical (unpaired) electrons. The van der Waals surface area contributed by atoms with E-state index in [0.29, 0.717) is 6.61 Å². The first-order valence-corrected chi connectivity index (χ1v) is 6.34. The fourth-order valence-corrected chi connectivity index (χ4v) is 2.13. The van der Waals surface area contributed by atoms with Gasteiger partial charge in [0.2, 0.25) is 0 Å². The van der Waals surface area contributed by atoms with Crippen molar-refractivity contribution in [3.63, 3.8) is 0 Å². The Bertz CT molecular complexity index is 427. The predicted octanol–water partition coefficient (Wildman–Crippen LogP) is 1.17. The van der Waals surface area contributed by atoms with E-state index in [1.165, 1.54) is 0 Å². The summed E-state index contributed by atoms with van der Waals surface area (Å²) in [4.78, 5) is 2.18. The van der Waals surface area contributed by atoms with Gasteiger partial charge in [-0.1, -0.05) is 18.2 Å². The summed E-state index contributed by atoms with van der Waals surface area (Å²) >= 11 is 0. The third-order valence-corrected chi connectivity index (χ3v) is 3.23. The van der Waals surface area contributed by atoms with E-state index in [9.17, 15) is 0 Å². The van der Waals surface area contributed by atoms with E-state index in [1.807, 2.05) is 31.2 Å². The largest absolute Gasteiger partial charge is 0.492 e. The molecule has 1 aromatic rings. The average molecular weight is 245 g/mol. The molecule has 1 N–H and O–H groups in total. The zero-order chi connectivity index (χ0) is 12.8. The fraction of sp³-hybridized carbons (Fsp3) is 0.500. The van der Waals surface area contributed by atoms with E-state index in [0.717, 1.165) is 37.5 Å². The van der Waals surface area contributed by atoms with Crippen LogP contribution in [0.4, 0.5) is 0 Å². The molecule has 4 heteroatoms. The van der Waals surface area contributed by atoms with Gasteiger partial charge in [-0.3, -0.25) is 4.90 Å². The first-order valence-electron chi connectivity index (χ1n) is 6.34. The number of hydrogen-bond acceptors (Lipinski definition) is 4. The molecule has 1 aliphatic heterocycles. The van der Waals surface area contributed by atoms with E-state index in [1.54, 1.807) is 0 Å². The number of aryl methyl sites for hydroxylation is 1. The molecule has 2 rings (SSSR count). The third-order valence-electron chi connectivity index (χ3n) is 3.23. The van der Waals surface area contributed by atoms with Crippen molar-refractivity contribution in [2.45, 2.75) is 13.0 Å². The van der Waals surface area contributed by atoms with Gasteiger partial charge in [-0.05, 0) is 18.6 Å². The highest BCUT2D eigenvalue weighted by atomic mass is 16.5. The van der Waals surface area contributed by atoms with Gasteiger partial charge in [-0.25, -0.2) is 0 Å². The number of nitrogens with one attached hydrogen (secondary N) is 1. The highest BCUT2D eigenvalue weighted by Crippen LogP contribution is 2.16. The molecule has 1 heterocycles. The Morgan fingerprint density at radius 1 is 1.50 bits per heavy atom. The Kier molecular flexibility index (Phi) is 4.57. The van der Waals surface area contributed by atoms with Gasteiger partial charge < -0.3 is 10.1 Å². The minimum absolute atomic E-state index is 0.0285. The first-order chi connectivity index (χ1) is 8.81. The highest BCUT2D eigenvalue weighted by molar-refractivity contribution is 5.31. The monoisotopic (exact) mass is 245 g/mol. The smallest absolute Gasteiger partial charge is 0.122 e. The average Bonchev–Trinajstić information content (AvgIpc) is 2.41. The second-order valence-corrected chi connectivity index (χ2v) is 4.50. The number of nitrogens with zero attached hydrogens (tertiary/aromatic N) is 2. The number of para-hydroxylation sites is 1. The normalized spacial score (nSPS) is 20.3. The summed E-state index contributed by atoms with van der Waals surface area (Å²) in [5, 5.41) is 12.3. The lowest BCUT2D eigenvalue weighted by molar-refractivity contribution is 0.161. The van der Waals surface area contributed by atoms with E-state index < -0.39 is 0 Å². The maximum Gasteiger partial charge on any atom is 0.122 e. The molecule has 1 aromatic carbocycles. The molecule has 96 valence electrons. The second kappa shape index (κ2) is 6.39. The molecule has 0 bridgehead atoms. The third kappa shape index (κ3) is 3.22. The number of ether oxygens (including phenoxy) is 1. The van der Waals surface area contributed by atoms with Crippen LogP contribution < -0.4 is 10.1 Å². The summed E-state index contributed by atoms with van der Waals surface area (Å²) in [5.41, 5.74) is 1.15. The van der Waals surface area contributed by atoms with Crippen molar-refractivity contribution in [2.24, 2.45) is 0 Å². The molecule has 1 aliphatic rings. The van der Waals surface area contributed by atoms with Gasteiger partial charge in [0.05, 0.1) is 6.07 Å². The Hall–Kier alpha value is -1.57. The summed E-state index contributed by atoms with van der Waals surface area (Å²) in [5.74, 6) is 0.932. The fourth-order valence-electron chi connectivity index (χ4n) is 2.13. The van der Waals surface area contributed by atoms with Crippen LogP contribution in [0.5, 0.6) is 5.75 Å². The van der Waals surface area contributed by atoms with Crippen molar-refractivity contribution in [1.29, 1.82) is 5.26 Å². The van der Waals surface area contributed by atoms with E-state index in [2.05, 4.69) is 16.3 Å².